The summed E-state index contributed by atoms with van der Waals surface area (Å²) in [4.78, 5) is 0. The van der Waals surface area contributed by atoms with E-state index < -0.39 is 0 Å². The minimum atomic E-state index is 0.544. The summed E-state index contributed by atoms with van der Waals surface area (Å²) < 4.78 is 5.52. The Morgan fingerprint density at radius 3 is 3.08 bits per heavy atom. The molecule has 2 N–H and O–H groups in total. The Bertz CT molecular complexity index is 115. The largest absolute Gasteiger partial charge is 0.378 e. The van der Waals surface area contributed by atoms with Crippen LogP contribution in [0.3, 0.4) is 0 Å². The van der Waals surface area contributed by atoms with Crippen LogP contribution < -0.4 is 5.73 Å². The van der Waals surface area contributed by atoms with Crippen LogP contribution in [0.15, 0.2) is 0 Å². The predicted molar refractivity (Wildman–Crippen MR) is 54.6 cm³/mol. The van der Waals surface area contributed by atoms with Gasteiger partial charge in [0.15, 0.2) is 0 Å². The van der Waals surface area contributed by atoms with Gasteiger partial charge in [0.25, 0.3) is 0 Å². The Balaban J connectivity index is 1.94. The van der Waals surface area contributed by atoms with Gasteiger partial charge in [0, 0.05) is 18.4 Å². The second kappa shape index (κ2) is 5.84. The van der Waals surface area contributed by atoms with E-state index in [1.54, 1.807) is 0 Å². The summed E-state index contributed by atoms with van der Waals surface area (Å²) in [5.41, 5.74) is 5.51. The van der Waals surface area contributed by atoms with Gasteiger partial charge in [0.05, 0.1) is 6.10 Å². The maximum atomic E-state index is 5.52. The standard InChI is InChI=1S/C9H19NOS/c1-8(7-10)12-6-4-9-3-2-5-11-9/h8-9H,2-7,10H2,1H3. The van der Waals surface area contributed by atoms with Gasteiger partial charge in [-0.2, -0.15) is 11.8 Å². The Hall–Kier alpha value is 0.270. The van der Waals surface area contributed by atoms with E-state index in [4.69, 9.17) is 10.5 Å². The minimum absolute atomic E-state index is 0.544. The predicted octanol–water partition coefficient (Wildman–Crippen LogP) is 1.64. The molecule has 1 fully saturated rings. The Labute approximate surface area is 79.2 Å². The van der Waals surface area contributed by atoms with Gasteiger partial charge in [-0.3, -0.25) is 0 Å². The summed E-state index contributed by atoms with van der Waals surface area (Å²) in [6, 6.07) is 0. The quantitative estimate of drug-likeness (QED) is 0.714. The van der Waals surface area contributed by atoms with Gasteiger partial charge in [-0.25, -0.2) is 0 Å². The molecule has 2 unspecified atom stereocenters. The molecule has 2 nitrogen and oxygen atoms in total. The van der Waals surface area contributed by atoms with Gasteiger partial charge in [-0.15, -0.1) is 0 Å². The first-order chi connectivity index (χ1) is 5.83. The number of hydrogen-bond acceptors (Lipinski definition) is 3. The van der Waals surface area contributed by atoms with Gasteiger partial charge in [0.1, 0.15) is 0 Å². The fourth-order valence-corrected chi connectivity index (χ4v) is 2.28. The van der Waals surface area contributed by atoms with Crippen LogP contribution in [-0.2, 0) is 4.74 Å². The van der Waals surface area contributed by atoms with E-state index in [0.29, 0.717) is 11.4 Å². The van der Waals surface area contributed by atoms with Crippen molar-refractivity contribution in [1.29, 1.82) is 0 Å². The summed E-state index contributed by atoms with van der Waals surface area (Å²) >= 11 is 1.96. The molecular weight excluding hydrogens is 170 g/mol. The van der Waals surface area contributed by atoms with Crippen LogP contribution in [-0.4, -0.2) is 30.3 Å². The third-order valence-corrected chi connectivity index (χ3v) is 3.43. The number of thioether (sulfide) groups is 1. The van der Waals surface area contributed by atoms with Crippen molar-refractivity contribution in [3.05, 3.63) is 0 Å². The average molecular weight is 189 g/mol. The Morgan fingerprint density at radius 1 is 1.67 bits per heavy atom. The van der Waals surface area contributed by atoms with Crippen LogP contribution in [0.4, 0.5) is 0 Å². The summed E-state index contributed by atoms with van der Waals surface area (Å²) in [6.45, 7) is 3.94. The maximum absolute atomic E-state index is 5.52. The van der Waals surface area contributed by atoms with Crippen LogP contribution in [0.2, 0.25) is 0 Å². The fraction of sp³-hybridized carbons (Fsp3) is 1.00. The number of ether oxygens (including phenoxy) is 1. The van der Waals surface area contributed by atoms with Crippen molar-refractivity contribution in [3.63, 3.8) is 0 Å². The second-order valence-electron chi connectivity index (χ2n) is 3.34. The smallest absolute Gasteiger partial charge is 0.0583 e. The summed E-state index contributed by atoms with van der Waals surface area (Å²) in [5, 5.41) is 0.603. The van der Waals surface area contributed by atoms with Crippen LogP contribution >= 0.6 is 11.8 Å². The molecule has 1 heterocycles. The zero-order valence-corrected chi connectivity index (χ0v) is 8.61. The lowest BCUT2D eigenvalue weighted by Crippen LogP contribution is -2.14. The zero-order valence-electron chi connectivity index (χ0n) is 7.79. The maximum Gasteiger partial charge on any atom is 0.0583 e. The molecule has 0 spiro atoms. The third-order valence-electron chi connectivity index (χ3n) is 2.20. The highest BCUT2D eigenvalue weighted by Gasteiger charge is 2.14. The van der Waals surface area contributed by atoms with E-state index in [0.717, 1.165) is 13.2 Å². The highest BCUT2D eigenvalue weighted by molar-refractivity contribution is 7.99. The SMILES string of the molecule is CC(CN)SCCC1CCCO1. The first-order valence-corrected chi connectivity index (χ1v) is 5.81. The molecule has 0 aromatic rings. The molecule has 2 atom stereocenters. The van der Waals surface area contributed by atoms with Crippen molar-refractivity contribution in [2.24, 2.45) is 5.73 Å². The molecule has 1 aliphatic heterocycles. The van der Waals surface area contributed by atoms with Crippen molar-refractivity contribution in [3.8, 4) is 0 Å². The molecule has 0 saturated carbocycles. The fourth-order valence-electron chi connectivity index (χ4n) is 1.34. The molecule has 0 aromatic carbocycles. The first kappa shape index (κ1) is 10.4. The number of hydrogen-bond donors (Lipinski definition) is 1. The van der Waals surface area contributed by atoms with Crippen molar-refractivity contribution >= 4 is 11.8 Å². The molecule has 0 amide bonds. The highest BCUT2D eigenvalue weighted by atomic mass is 32.2. The Morgan fingerprint density at radius 2 is 2.50 bits per heavy atom. The lowest BCUT2D eigenvalue weighted by molar-refractivity contribution is 0.109. The zero-order chi connectivity index (χ0) is 8.81. The van der Waals surface area contributed by atoms with E-state index >= 15 is 0 Å². The van der Waals surface area contributed by atoms with Crippen molar-refractivity contribution < 1.29 is 4.74 Å². The molecule has 0 aliphatic carbocycles. The lowest BCUT2D eigenvalue weighted by atomic mass is 10.2. The van der Waals surface area contributed by atoms with Crippen molar-refractivity contribution in [2.75, 3.05) is 18.9 Å². The Kier molecular flexibility index (Phi) is 5.04. The highest BCUT2D eigenvalue weighted by Crippen LogP contribution is 2.19. The van der Waals surface area contributed by atoms with E-state index in [1.807, 2.05) is 11.8 Å². The third kappa shape index (κ3) is 3.78. The normalized spacial score (nSPS) is 26.0. The molecule has 0 bridgehead atoms. The summed E-state index contributed by atoms with van der Waals surface area (Å²) in [7, 11) is 0. The van der Waals surface area contributed by atoms with Crippen LogP contribution in [0.1, 0.15) is 26.2 Å². The van der Waals surface area contributed by atoms with Crippen LogP contribution in [0, 0.1) is 0 Å². The van der Waals surface area contributed by atoms with E-state index in [-0.39, 0.29) is 0 Å². The second-order valence-corrected chi connectivity index (χ2v) is 4.89. The molecule has 12 heavy (non-hydrogen) atoms. The topological polar surface area (TPSA) is 35.2 Å². The average Bonchev–Trinajstić information content (AvgIpc) is 2.57. The molecule has 0 aromatic heterocycles. The molecule has 1 aliphatic rings. The molecule has 1 saturated heterocycles. The van der Waals surface area contributed by atoms with E-state index in [2.05, 4.69) is 6.92 Å². The van der Waals surface area contributed by atoms with Gasteiger partial charge in [-0.05, 0) is 25.0 Å². The van der Waals surface area contributed by atoms with Gasteiger partial charge < -0.3 is 10.5 Å². The molecule has 3 heteroatoms. The summed E-state index contributed by atoms with van der Waals surface area (Å²) in [6.07, 6.45) is 4.26. The number of rotatable bonds is 5. The molecule has 1 rings (SSSR count). The molecular formula is C9H19NOS. The molecule has 72 valence electrons. The van der Waals surface area contributed by atoms with Gasteiger partial charge in [-0.1, -0.05) is 6.92 Å². The van der Waals surface area contributed by atoms with Gasteiger partial charge >= 0.3 is 0 Å². The van der Waals surface area contributed by atoms with Crippen molar-refractivity contribution in [1.82, 2.24) is 0 Å². The van der Waals surface area contributed by atoms with Crippen molar-refractivity contribution in [2.45, 2.75) is 37.5 Å². The lowest BCUT2D eigenvalue weighted by Gasteiger charge is -2.11. The monoisotopic (exact) mass is 189 g/mol. The van der Waals surface area contributed by atoms with Crippen LogP contribution in [0.5, 0.6) is 0 Å². The number of nitrogens with two attached hydrogens (primary N) is 1. The van der Waals surface area contributed by atoms with E-state index in [1.165, 1.54) is 25.0 Å². The van der Waals surface area contributed by atoms with Gasteiger partial charge in [0.2, 0.25) is 0 Å². The molecule has 0 radical (unpaired) electrons. The minimum Gasteiger partial charge on any atom is -0.378 e. The van der Waals surface area contributed by atoms with Crippen LogP contribution in [0.25, 0.3) is 0 Å². The van der Waals surface area contributed by atoms with E-state index in [9.17, 15) is 0 Å². The summed E-state index contributed by atoms with van der Waals surface area (Å²) in [5.74, 6) is 1.20. The first-order valence-electron chi connectivity index (χ1n) is 4.76.